The van der Waals surface area contributed by atoms with Gasteiger partial charge in [0, 0.05) is 31.4 Å². The van der Waals surface area contributed by atoms with E-state index in [1.165, 1.54) is 5.56 Å². The molecule has 0 aliphatic carbocycles. The van der Waals surface area contributed by atoms with Crippen LogP contribution < -0.4 is 5.32 Å². The normalized spacial score (nSPS) is 19.6. The zero-order valence-corrected chi connectivity index (χ0v) is 9.14. The van der Waals surface area contributed by atoms with Crippen LogP contribution in [0.15, 0.2) is 12.4 Å². The predicted molar refractivity (Wildman–Crippen MR) is 55.3 cm³/mol. The Morgan fingerprint density at radius 3 is 2.93 bits per heavy atom. The van der Waals surface area contributed by atoms with Gasteiger partial charge in [0.25, 0.3) is 0 Å². The maximum Gasteiger partial charge on any atom is 0.170 e. The quantitative estimate of drug-likeness (QED) is 0.785. The molecular weight excluding hydrogens is 194 g/mol. The van der Waals surface area contributed by atoms with E-state index in [2.05, 4.69) is 17.3 Å². The van der Waals surface area contributed by atoms with Crippen LogP contribution in [-0.4, -0.2) is 35.8 Å². The van der Waals surface area contributed by atoms with E-state index < -0.39 is 0 Å². The largest absolute Gasteiger partial charge is 0.349 e. The van der Waals surface area contributed by atoms with Crippen LogP contribution in [0.2, 0.25) is 0 Å². The molecule has 0 saturated carbocycles. The van der Waals surface area contributed by atoms with Crippen molar-refractivity contribution in [1.82, 2.24) is 15.1 Å². The van der Waals surface area contributed by atoms with E-state index >= 15 is 0 Å². The first-order valence-electron chi connectivity index (χ1n) is 5.21. The molecule has 84 valence electrons. The lowest BCUT2D eigenvalue weighted by Crippen LogP contribution is -2.29. The maximum absolute atomic E-state index is 5.34. The molecule has 1 N–H and O–H groups in total. The van der Waals surface area contributed by atoms with E-state index in [4.69, 9.17) is 9.47 Å². The van der Waals surface area contributed by atoms with Crippen LogP contribution in [-0.2, 0) is 16.5 Å². The van der Waals surface area contributed by atoms with Gasteiger partial charge in [-0.1, -0.05) is 0 Å². The van der Waals surface area contributed by atoms with Crippen molar-refractivity contribution in [3.05, 3.63) is 18.0 Å². The van der Waals surface area contributed by atoms with Gasteiger partial charge in [0.2, 0.25) is 0 Å². The molecule has 0 bridgehead atoms. The minimum Gasteiger partial charge on any atom is -0.349 e. The summed E-state index contributed by atoms with van der Waals surface area (Å²) in [5, 5.41) is 7.48. The molecule has 0 spiro atoms. The number of rotatable bonds is 4. The molecule has 1 unspecified atom stereocenters. The Morgan fingerprint density at radius 1 is 1.60 bits per heavy atom. The number of hydrogen-bond donors (Lipinski definition) is 1. The second-order valence-corrected chi connectivity index (χ2v) is 3.75. The standard InChI is InChI=1S/C10H17N3O2/c1-8(9-5-12-13(2)7-9)11-6-10-14-3-4-15-10/h5,7-8,10-11H,3-4,6H2,1-2H3. The fraction of sp³-hybridized carbons (Fsp3) is 0.700. The summed E-state index contributed by atoms with van der Waals surface area (Å²) in [5.41, 5.74) is 1.18. The monoisotopic (exact) mass is 211 g/mol. The molecule has 1 aromatic rings. The molecule has 0 amide bonds. The minimum atomic E-state index is -0.0934. The summed E-state index contributed by atoms with van der Waals surface area (Å²) in [7, 11) is 1.92. The van der Waals surface area contributed by atoms with Crippen molar-refractivity contribution in [2.24, 2.45) is 7.05 Å². The highest BCUT2D eigenvalue weighted by atomic mass is 16.7. The molecule has 2 heterocycles. The van der Waals surface area contributed by atoms with E-state index in [1.54, 1.807) is 4.68 Å². The molecular formula is C10H17N3O2. The van der Waals surface area contributed by atoms with Crippen molar-refractivity contribution < 1.29 is 9.47 Å². The Balaban J connectivity index is 1.79. The van der Waals surface area contributed by atoms with Crippen LogP contribution in [0.1, 0.15) is 18.5 Å². The third kappa shape index (κ3) is 2.77. The third-order valence-corrected chi connectivity index (χ3v) is 2.51. The molecule has 5 heteroatoms. The van der Waals surface area contributed by atoms with Gasteiger partial charge in [0.1, 0.15) is 0 Å². The molecule has 1 saturated heterocycles. The van der Waals surface area contributed by atoms with Gasteiger partial charge < -0.3 is 14.8 Å². The number of nitrogens with zero attached hydrogens (tertiary/aromatic N) is 2. The van der Waals surface area contributed by atoms with Crippen molar-refractivity contribution in [3.63, 3.8) is 0 Å². The second-order valence-electron chi connectivity index (χ2n) is 3.75. The average Bonchev–Trinajstić information content (AvgIpc) is 2.84. The molecule has 1 aromatic heterocycles. The molecule has 0 aromatic carbocycles. The summed E-state index contributed by atoms with van der Waals surface area (Å²) in [6.45, 7) is 4.23. The summed E-state index contributed by atoms with van der Waals surface area (Å²) in [6.07, 6.45) is 3.78. The van der Waals surface area contributed by atoms with Crippen molar-refractivity contribution in [1.29, 1.82) is 0 Å². The Bertz CT molecular complexity index is 307. The smallest absolute Gasteiger partial charge is 0.170 e. The van der Waals surface area contributed by atoms with Gasteiger partial charge in [-0.3, -0.25) is 4.68 Å². The molecule has 1 aliphatic heterocycles. The molecule has 0 radical (unpaired) electrons. The minimum absolute atomic E-state index is 0.0934. The number of aromatic nitrogens is 2. The van der Waals surface area contributed by atoms with Gasteiger partial charge in [-0.25, -0.2) is 0 Å². The first-order valence-corrected chi connectivity index (χ1v) is 5.21. The fourth-order valence-electron chi connectivity index (χ4n) is 1.58. The predicted octanol–water partition coefficient (Wildman–Crippen LogP) is 0.444. The summed E-state index contributed by atoms with van der Waals surface area (Å²) >= 11 is 0. The highest BCUT2D eigenvalue weighted by Crippen LogP contribution is 2.11. The summed E-state index contributed by atoms with van der Waals surface area (Å²) < 4.78 is 12.5. The van der Waals surface area contributed by atoms with Crippen LogP contribution in [0, 0.1) is 0 Å². The van der Waals surface area contributed by atoms with E-state index in [0.29, 0.717) is 13.2 Å². The first kappa shape index (κ1) is 10.6. The van der Waals surface area contributed by atoms with Crippen molar-refractivity contribution >= 4 is 0 Å². The van der Waals surface area contributed by atoms with Crippen molar-refractivity contribution in [2.45, 2.75) is 19.3 Å². The number of ether oxygens (including phenoxy) is 2. The third-order valence-electron chi connectivity index (χ3n) is 2.51. The van der Waals surface area contributed by atoms with Crippen molar-refractivity contribution in [2.75, 3.05) is 19.8 Å². The topological polar surface area (TPSA) is 48.3 Å². The van der Waals surface area contributed by atoms with Gasteiger partial charge in [0.15, 0.2) is 6.29 Å². The van der Waals surface area contributed by atoms with E-state index in [1.807, 2.05) is 19.4 Å². The number of hydrogen-bond acceptors (Lipinski definition) is 4. The first-order chi connectivity index (χ1) is 7.25. The van der Waals surface area contributed by atoms with Crippen LogP contribution in [0.5, 0.6) is 0 Å². The zero-order valence-electron chi connectivity index (χ0n) is 9.14. The lowest BCUT2D eigenvalue weighted by molar-refractivity contribution is -0.0403. The average molecular weight is 211 g/mol. The molecule has 15 heavy (non-hydrogen) atoms. The van der Waals surface area contributed by atoms with E-state index in [0.717, 1.165) is 6.54 Å². The van der Waals surface area contributed by atoms with E-state index in [9.17, 15) is 0 Å². The van der Waals surface area contributed by atoms with Crippen LogP contribution in [0.25, 0.3) is 0 Å². The Hall–Kier alpha value is -0.910. The summed E-state index contributed by atoms with van der Waals surface area (Å²) in [6, 6.07) is 0.270. The molecule has 5 nitrogen and oxygen atoms in total. The molecule has 1 fully saturated rings. The molecule has 1 aliphatic rings. The molecule has 1 atom stereocenters. The highest BCUT2D eigenvalue weighted by molar-refractivity contribution is 5.08. The molecule has 2 rings (SSSR count). The maximum atomic E-state index is 5.34. The second kappa shape index (κ2) is 4.74. The van der Waals surface area contributed by atoms with Crippen LogP contribution in [0.3, 0.4) is 0 Å². The van der Waals surface area contributed by atoms with Crippen LogP contribution >= 0.6 is 0 Å². The van der Waals surface area contributed by atoms with E-state index in [-0.39, 0.29) is 12.3 Å². The SMILES string of the molecule is CC(NCC1OCCO1)c1cnn(C)c1. The lowest BCUT2D eigenvalue weighted by Gasteiger charge is -2.15. The Morgan fingerprint density at radius 2 is 2.33 bits per heavy atom. The fourth-order valence-corrected chi connectivity index (χ4v) is 1.58. The van der Waals surface area contributed by atoms with Gasteiger partial charge in [0.05, 0.1) is 19.4 Å². The number of nitrogens with one attached hydrogen (secondary N) is 1. The number of aryl methyl sites for hydroxylation is 1. The summed E-state index contributed by atoms with van der Waals surface area (Å²) in [4.78, 5) is 0. The van der Waals surface area contributed by atoms with Crippen LogP contribution in [0.4, 0.5) is 0 Å². The van der Waals surface area contributed by atoms with Gasteiger partial charge in [-0.05, 0) is 6.92 Å². The highest BCUT2D eigenvalue weighted by Gasteiger charge is 2.17. The Labute approximate surface area is 89.4 Å². The van der Waals surface area contributed by atoms with Gasteiger partial charge >= 0.3 is 0 Å². The van der Waals surface area contributed by atoms with Crippen molar-refractivity contribution in [3.8, 4) is 0 Å². The summed E-state index contributed by atoms with van der Waals surface area (Å²) in [5.74, 6) is 0. The van der Waals surface area contributed by atoms with Gasteiger partial charge in [-0.15, -0.1) is 0 Å². The lowest BCUT2D eigenvalue weighted by atomic mass is 10.2. The zero-order chi connectivity index (χ0) is 10.7. The van der Waals surface area contributed by atoms with Gasteiger partial charge in [-0.2, -0.15) is 5.10 Å². The Kier molecular flexibility index (Phi) is 3.35.